The fourth-order valence-corrected chi connectivity index (χ4v) is 1.60. The monoisotopic (exact) mass is 266 g/mol. The molecule has 0 aliphatic heterocycles. The predicted molar refractivity (Wildman–Crippen MR) is 72.7 cm³/mol. The number of aryl methyl sites for hydroxylation is 1. The van der Waals surface area contributed by atoms with Crippen LogP contribution in [-0.2, 0) is 16.0 Å². The van der Waals surface area contributed by atoms with Crippen molar-refractivity contribution in [3.8, 4) is 0 Å². The van der Waals surface area contributed by atoms with Gasteiger partial charge in [0.2, 0.25) is 5.91 Å². The van der Waals surface area contributed by atoms with Crippen molar-refractivity contribution in [1.29, 1.82) is 0 Å². The summed E-state index contributed by atoms with van der Waals surface area (Å²) >= 11 is 0. The number of amides is 1. The number of nitrogens with zero attached hydrogens (tertiary/aromatic N) is 1. The minimum Gasteiger partial charge on any atom is -0.388 e. The summed E-state index contributed by atoms with van der Waals surface area (Å²) in [6.07, 6.45) is 5.00. The molecule has 1 unspecified atom stereocenters. The molecule has 2 N–H and O–H groups in total. The van der Waals surface area contributed by atoms with E-state index in [-0.39, 0.29) is 12.5 Å². The van der Waals surface area contributed by atoms with Crippen LogP contribution < -0.4 is 5.32 Å². The number of hydrogen-bond donors (Lipinski definition) is 2. The first-order valence-electron chi connectivity index (χ1n) is 6.40. The number of nitrogens with one attached hydrogen (secondary N) is 1. The fourth-order valence-electron chi connectivity index (χ4n) is 1.60. The van der Waals surface area contributed by atoms with Gasteiger partial charge in [-0.1, -0.05) is 0 Å². The lowest BCUT2D eigenvalue weighted by Gasteiger charge is -2.23. The molecule has 0 bridgehead atoms. The molecule has 0 saturated carbocycles. The predicted octanol–water partition coefficient (Wildman–Crippen LogP) is 0.918. The lowest BCUT2D eigenvalue weighted by atomic mass is 10.0. The maximum atomic E-state index is 11.7. The minimum atomic E-state index is -0.928. The number of rotatable bonds is 8. The van der Waals surface area contributed by atoms with Gasteiger partial charge < -0.3 is 15.2 Å². The van der Waals surface area contributed by atoms with Gasteiger partial charge in [-0.15, -0.1) is 0 Å². The summed E-state index contributed by atoms with van der Waals surface area (Å²) in [4.78, 5) is 15.6. The smallest absolute Gasteiger partial charge is 0.220 e. The van der Waals surface area contributed by atoms with Crippen LogP contribution in [0.15, 0.2) is 24.5 Å². The number of hydrogen-bond acceptors (Lipinski definition) is 4. The number of aromatic nitrogens is 1. The van der Waals surface area contributed by atoms with E-state index >= 15 is 0 Å². The van der Waals surface area contributed by atoms with E-state index in [4.69, 9.17) is 4.74 Å². The Morgan fingerprint density at radius 1 is 1.47 bits per heavy atom. The lowest BCUT2D eigenvalue weighted by molar-refractivity contribution is -0.122. The molecule has 1 aromatic rings. The first-order chi connectivity index (χ1) is 9.03. The van der Waals surface area contributed by atoms with E-state index in [0.29, 0.717) is 25.9 Å². The average molecular weight is 266 g/mol. The second kappa shape index (κ2) is 7.86. The fraction of sp³-hybridized carbons (Fsp3) is 0.571. The molecule has 1 atom stereocenters. The highest BCUT2D eigenvalue weighted by molar-refractivity contribution is 5.76. The van der Waals surface area contributed by atoms with Crippen LogP contribution in [0.25, 0.3) is 0 Å². The highest BCUT2D eigenvalue weighted by atomic mass is 16.5. The Morgan fingerprint density at radius 3 is 2.79 bits per heavy atom. The summed E-state index contributed by atoms with van der Waals surface area (Å²) in [5.74, 6) is -0.0606. The van der Waals surface area contributed by atoms with Gasteiger partial charge in [-0.25, -0.2) is 0 Å². The summed E-state index contributed by atoms with van der Waals surface area (Å²) < 4.78 is 4.91. The number of carbonyl (C=O) groups is 1. The Bertz CT molecular complexity index is 380. The largest absolute Gasteiger partial charge is 0.388 e. The van der Waals surface area contributed by atoms with Crippen molar-refractivity contribution in [3.05, 3.63) is 30.1 Å². The van der Waals surface area contributed by atoms with E-state index in [9.17, 15) is 9.90 Å². The Hall–Kier alpha value is -1.46. The topological polar surface area (TPSA) is 71.5 Å². The standard InChI is InChI=1S/C14H22N2O3/c1-14(18,7-10-19-2)11-16-13(17)4-3-12-5-8-15-9-6-12/h5-6,8-9,18H,3-4,7,10-11H2,1-2H3,(H,16,17). The van der Waals surface area contributed by atoms with Gasteiger partial charge in [-0.2, -0.15) is 0 Å². The third-order valence-corrected chi connectivity index (χ3v) is 2.90. The van der Waals surface area contributed by atoms with Gasteiger partial charge >= 0.3 is 0 Å². The second-order valence-corrected chi connectivity index (χ2v) is 4.87. The van der Waals surface area contributed by atoms with Crippen molar-refractivity contribution >= 4 is 5.91 Å². The summed E-state index contributed by atoms with van der Waals surface area (Å²) in [5.41, 5.74) is 0.152. The van der Waals surface area contributed by atoms with E-state index in [2.05, 4.69) is 10.3 Å². The van der Waals surface area contributed by atoms with Gasteiger partial charge in [0.1, 0.15) is 0 Å². The van der Waals surface area contributed by atoms with Gasteiger partial charge in [0.25, 0.3) is 0 Å². The zero-order valence-electron chi connectivity index (χ0n) is 11.6. The number of carbonyl (C=O) groups excluding carboxylic acids is 1. The van der Waals surface area contributed by atoms with E-state index < -0.39 is 5.60 Å². The number of pyridine rings is 1. The van der Waals surface area contributed by atoms with Crippen LogP contribution in [0.4, 0.5) is 0 Å². The van der Waals surface area contributed by atoms with Gasteiger partial charge in [0, 0.05) is 45.5 Å². The molecule has 0 aromatic carbocycles. The second-order valence-electron chi connectivity index (χ2n) is 4.87. The Labute approximate surface area is 114 Å². The molecule has 0 saturated heterocycles. The first kappa shape index (κ1) is 15.6. The lowest BCUT2D eigenvalue weighted by Crippen LogP contribution is -2.41. The van der Waals surface area contributed by atoms with Crippen LogP contribution in [0.5, 0.6) is 0 Å². The quantitative estimate of drug-likeness (QED) is 0.734. The van der Waals surface area contributed by atoms with Crippen LogP contribution >= 0.6 is 0 Å². The zero-order chi connectivity index (χ0) is 14.1. The molecular formula is C14H22N2O3. The van der Waals surface area contributed by atoms with Crippen molar-refractivity contribution in [2.45, 2.75) is 31.8 Å². The van der Waals surface area contributed by atoms with Crippen molar-refractivity contribution in [2.24, 2.45) is 0 Å². The van der Waals surface area contributed by atoms with Crippen LogP contribution in [-0.4, -0.2) is 41.9 Å². The molecule has 0 aliphatic carbocycles. The normalized spacial score (nSPS) is 13.8. The third-order valence-electron chi connectivity index (χ3n) is 2.90. The Morgan fingerprint density at radius 2 is 2.16 bits per heavy atom. The molecule has 0 aliphatic rings. The summed E-state index contributed by atoms with van der Waals surface area (Å²) in [7, 11) is 1.59. The molecule has 1 heterocycles. The van der Waals surface area contributed by atoms with Gasteiger partial charge in [0.05, 0.1) is 5.60 Å². The molecule has 0 fully saturated rings. The van der Waals surface area contributed by atoms with Crippen LogP contribution in [0.1, 0.15) is 25.3 Å². The van der Waals surface area contributed by atoms with E-state index in [1.165, 1.54) is 0 Å². The van der Waals surface area contributed by atoms with Crippen molar-refractivity contribution in [3.63, 3.8) is 0 Å². The van der Waals surface area contributed by atoms with E-state index in [1.807, 2.05) is 12.1 Å². The molecule has 1 amide bonds. The van der Waals surface area contributed by atoms with Crippen LogP contribution in [0.2, 0.25) is 0 Å². The van der Waals surface area contributed by atoms with Crippen molar-refractivity contribution in [2.75, 3.05) is 20.3 Å². The molecule has 1 rings (SSSR count). The molecule has 5 heteroatoms. The third kappa shape index (κ3) is 6.88. The molecule has 106 valence electrons. The number of aliphatic hydroxyl groups is 1. The molecule has 5 nitrogen and oxygen atoms in total. The summed E-state index contributed by atoms with van der Waals surface area (Å²) in [6.45, 7) is 2.40. The molecular weight excluding hydrogens is 244 g/mol. The van der Waals surface area contributed by atoms with Gasteiger partial charge in [0.15, 0.2) is 0 Å². The Balaban J connectivity index is 2.24. The zero-order valence-corrected chi connectivity index (χ0v) is 11.6. The number of methoxy groups -OCH3 is 1. The maximum absolute atomic E-state index is 11.7. The summed E-state index contributed by atoms with van der Waals surface area (Å²) in [6, 6.07) is 3.78. The van der Waals surface area contributed by atoms with E-state index in [0.717, 1.165) is 5.56 Å². The number of ether oxygens (including phenoxy) is 1. The SMILES string of the molecule is COCCC(C)(O)CNC(=O)CCc1ccncc1. The van der Waals surface area contributed by atoms with Crippen molar-refractivity contribution in [1.82, 2.24) is 10.3 Å². The van der Waals surface area contributed by atoms with Crippen LogP contribution in [0, 0.1) is 0 Å². The van der Waals surface area contributed by atoms with Gasteiger partial charge in [-0.3, -0.25) is 9.78 Å². The van der Waals surface area contributed by atoms with Crippen LogP contribution in [0.3, 0.4) is 0 Å². The molecule has 0 spiro atoms. The minimum absolute atomic E-state index is 0.0606. The van der Waals surface area contributed by atoms with Gasteiger partial charge in [-0.05, 0) is 31.0 Å². The summed E-state index contributed by atoms with van der Waals surface area (Å²) in [5, 5.41) is 12.7. The first-order valence-corrected chi connectivity index (χ1v) is 6.40. The highest BCUT2D eigenvalue weighted by Gasteiger charge is 2.20. The van der Waals surface area contributed by atoms with Crippen molar-refractivity contribution < 1.29 is 14.6 Å². The molecule has 1 aromatic heterocycles. The molecule has 0 radical (unpaired) electrons. The average Bonchev–Trinajstić information content (AvgIpc) is 2.42. The Kier molecular flexibility index (Phi) is 6.45. The molecule has 19 heavy (non-hydrogen) atoms. The maximum Gasteiger partial charge on any atom is 0.220 e. The highest BCUT2D eigenvalue weighted by Crippen LogP contribution is 2.08. The van der Waals surface area contributed by atoms with E-state index in [1.54, 1.807) is 26.4 Å².